The molecule has 1 aromatic heterocycles. The number of aromatic nitrogens is 2. The van der Waals surface area contributed by atoms with Crippen LogP contribution in [0.5, 0.6) is 0 Å². The maximum absolute atomic E-state index is 12.2. The molecule has 21 heavy (non-hydrogen) atoms. The molecular weight excluding hydrogens is 314 g/mol. The van der Waals surface area contributed by atoms with Gasteiger partial charge in [-0.1, -0.05) is 27.2 Å². The van der Waals surface area contributed by atoms with Crippen molar-refractivity contribution in [1.29, 1.82) is 0 Å². The van der Waals surface area contributed by atoms with Gasteiger partial charge in [0.05, 0.1) is 5.69 Å². The first-order valence-electron chi connectivity index (χ1n) is 6.95. The highest BCUT2D eigenvalue weighted by Gasteiger charge is 2.34. The van der Waals surface area contributed by atoms with Crippen LogP contribution in [0.25, 0.3) is 0 Å². The van der Waals surface area contributed by atoms with Gasteiger partial charge in [-0.15, -0.1) is 0 Å². The average molecular weight is 334 g/mol. The summed E-state index contributed by atoms with van der Waals surface area (Å²) in [5.41, 5.74) is 0.300. The summed E-state index contributed by atoms with van der Waals surface area (Å²) >= 11 is 0. The van der Waals surface area contributed by atoms with Crippen molar-refractivity contribution in [1.82, 2.24) is 15.5 Å². The second-order valence-electron chi connectivity index (χ2n) is 6.25. The molecule has 0 aromatic carbocycles. The molecule has 0 saturated heterocycles. The van der Waals surface area contributed by atoms with E-state index in [4.69, 9.17) is 10.7 Å². The minimum atomic E-state index is -4.04. The molecule has 8 heteroatoms. The molecule has 0 radical (unpaired) electrons. The minimum Gasteiger partial charge on any atom is -0.350 e. The fourth-order valence-corrected chi connectivity index (χ4v) is 3.85. The van der Waals surface area contributed by atoms with Crippen molar-refractivity contribution >= 4 is 25.6 Å². The second kappa shape index (κ2) is 5.61. The molecule has 2 N–H and O–H groups in total. The molecule has 1 amide bonds. The van der Waals surface area contributed by atoms with E-state index in [9.17, 15) is 13.2 Å². The van der Waals surface area contributed by atoms with E-state index >= 15 is 0 Å². The number of H-pyrrole nitrogens is 1. The first-order valence-corrected chi connectivity index (χ1v) is 9.26. The van der Waals surface area contributed by atoms with E-state index < -0.39 is 15.0 Å². The monoisotopic (exact) mass is 333 g/mol. The average Bonchev–Trinajstić information content (AvgIpc) is 2.78. The van der Waals surface area contributed by atoms with Crippen LogP contribution >= 0.6 is 10.7 Å². The lowest BCUT2D eigenvalue weighted by molar-refractivity contribution is 0.0882. The van der Waals surface area contributed by atoms with Crippen LogP contribution in [-0.2, 0) is 9.05 Å². The first-order chi connectivity index (χ1) is 9.64. The number of carbonyl (C=O) groups is 1. The predicted octanol–water partition coefficient (Wildman–Crippen LogP) is 2.38. The molecule has 2 rings (SSSR count). The Kier molecular flexibility index (Phi) is 4.35. The Bertz CT molecular complexity index is 648. The zero-order valence-electron chi connectivity index (χ0n) is 12.4. The number of halogens is 1. The van der Waals surface area contributed by atoms with E-state index in [2.05, 4.69) is 22.4 Å². The number of aromatic amines is 1. The minimum absolute atomic E-state index is 0.104. The standard InChI is InChI=1S/C13H20ClN3O3S/c1-8(2)9-11(21(14,19)20)10(17-16-9)12(18)15-7-13(3)5-4-6-13/h8H,4-7H2,1-3H3,(H,15,18)(H,16,17). The molecule has 118 valence electrons. The Labute approximate surface area is 129 Å². The quantitative estimate of drug-likeness (QED) is 0.809. The summed E-state index contributed by atoms with van der Waals surface area (Å²) in [5.74, 6) is -0.641. The summed E-state index contributed by atoms with van der Waals surface area (Å²) in [4.78, 5) is 12.0. The van der Waals surface area contributed by atoms with E-state index in [0.29, 0.717) is 12.2 Å². The number of rotatable bonds is 5. The normalized spacial score (nSPS) is 17.6. The molecule has 1 heterocycles. The Balaban J connectivity index is 2.25. The molecule has 0 atom stereocenters. The van der Waals surface area contributed by atoms with E-state index in [1.54, 1.807) is 13.8 Å². The fourth-order valence-electron chi connectivity index (χ4n) is 2.47. The molecule has 1 fully saturated rings. The third-order valence-corrected chi connectivity index (χ3v) is 5.38. The summed E-state index contributed by atoms with van der Waals surface area (Å²) < 4.78 is 23.5. The van der Waals surface area contributed by atoms with Gasteiger partial charge in [0.25, 0.3) is 15.0 Å². The van der Waals surface area contributed by atoms with E-state index in [-0.39, 0.29) is 21.9 Å². The summed E-state index contributed by atoms with van der Waals surface area (Å²) in [6.45, 7) is 6.21. The van der Waals surface area contributed by atoms with Crippen molar-refractivity contribution in [3.8, 4) is 0 Å². The van der Waals surface area contributed by atoms with E-state index in [0.717, 1.165) is 19.3 Å². The Hall–Kier alpha value is -1.08. The van der Waals surface area contributed by atoms with Gasteiger partial charge in [0.1, 0.15) is 4.90 Å². The van der Waals surface area contributed by atoms with Crippen LogP contribution in [-0.4, -0.2) is 31.1 Å². The Morgan fingerprint density at radius 1 is 1.48 bits per heavy atom. The van der Waals surface area contributed by atoms with Gasteiger partial charge in [-0.25, -0.2) is 8.42 Å². The molecule has 0 unspecified atom stereocenters. The predicted molar refractivity (Wildman–Crippen MR) is 80.0 cm³/mol. The van der Waals surface area contributed by atoms with Gasteiger partial charge in [0.15, 0.2) is 5.69 Å². The van der Waals surface area contributed by atoms with Gasteiger partial charge in [0, 0.05) is 17.2 Å². The highest BCUT2D eigenvalue weighted by atomic mass is 35.7. The lowest BCUT2D eigenvalue weighted by Gasteiger charge is -2.38. The molecule has 0 spiro atoms. The molecular formula is C13H20ClN3O3S. The summed E-state index contributed by atoms with van der Waals surface area (Å²) in [6, 6.07) is 0. The fraction of sp³-hybridized carbons (Fsp3) is 0.692. The molecule has 0 bridgehead atoms. The van der Waals surface area contributed by atoms with Gasteiger partial charge in [-0.3, -0.25) is 9.89 Å². The lowest BCUT2D eigenvalue weighted by atomic mass is 9.70. The number of nitrogens with one attached hydrogen (secondary N) is 2. The topological polar surface area (TPSA) is 91.9 Å². The summed E-state index contributed by atoms with van der Waals surface area (Å²) in [7, 11) is 1.42. The van der Waals surface area contributed by atoms with E-state index in [1.807, 2.05) is 0 Å². The third kappa shape index (κ3) is 3.40. The smallest absolute Gasteiger partial charge is 0.273 e. The van der Waals surface area contributed by atoms with Crippen molar-refractivity contribution in [3.63, 3.8) is 0 Å². The van der Waals surface area contributed by atoms with Crippen molar-refractivity contribution in [2.75, 3.05) is 6.54 Å². The van der Waals surface area contributed by atoms with Crippen molar-refractivity contribution in [2.45, 2.75) is 50.8 Å². The van der Waals surface area contributed by atoms with Gasteiger partial charge < -0.3 is 5.32 Å². The van der Waals surface area contributed by atoms with Crippen LogP contribution in [0.15, 0.2) is 4.90 Å². The molecule has 1 aliphatic rings. The van der Waals surface area contributed by atoms with Gasteiger partial charge in [-0.2, -0.15) is 5.10 Å². The maximum atomic E-state index is 12.2. The maximum Gasteiger partial charge on any atom is 0.273 e. The van der Waals surface area contributed by atoms with Crippen molar-refractivity contribution < 1.29 is 13.2 Å². The van der Waals surface area contributed by atoms with Gasteiger partial charge in [-0.05, 0) is 24.2 Å². The second-order valence-corrected chi connectivity index (χ2v) is 8.76. The molecule has 1 aromatic rings. The van der Waals surface area contributed by atoms with Crippen LogP contribution in [0.3, 0.4) is 0 Å². The third-order valence-electron chi connectivity index (χ3n) is 4.02. The molecule has 6 nitrogen and oxygen atoms in total. The van der Waals surface area contributed by atoms with Crippen molar-refractivity contribution in [3.05, 3.63) is 11.4 Å². The van der Waals surface area contributed by atoms with Crippen LogP contribution < -0.4 is 5.32 Å². The lowest BCUT2D eigenvalue weighted by Crippen LogP contribution is -2.40. The Morgan fingerprint density at radius 2 is 2.10 bits per heavy atom. The molecule has 1 saturated carbocycles. The molecule has 1 aliphatic carbocycles. The number of amides is 1. The first kappa shape index (κ1) is 16.3. The van der Waals surface area contributed by atoms with E-state index in [1.165, 1.54) is 0 Å². The zero-order valence-corrected chi connectivity index (χ0v) is 13.9. The van der Waals surface area contributed by atoms with Crippen LogP contribution in [0.1, 0.15) is 62.1 Å². The van der Waals surface area contributed by atoms with Gasteiger partial charge >= 0.3 is 0 Å². The number of hydrogen-bond donors (Lipinski definition) is 2. The number of carbonyl (C=O) groups excluding carboxylic acids is 1. The van der Waals surface area contributed by atoms with Gasteiger partial charge in [0.2, 0.25) is 0 Å². The van der Waals surface area contributed by atoms with Crippen molar-refractivity contribution in [2.24, 2.45) is 5.41 Å². The highest BCUT2D eigenvalue weighted by Crippen LogP contribution is 2.39. The van der Waals surface area contributed by atoms with Crippen LogP contribution in [0, 0.1) is 5.41 Å². The largest absolute Gasteiger partial charge is 0.350 e. The van der Waals surface area contributed by atoms with Crippen LogP contribution in [0.2, 0.25) is 0 Å². The number of hydrogen-bond acceptors (Lipinski definition) is 4. The van der Waals surface area contributed by atoms with Crippen LogP contribution in [0.4, 0.5) is 0 Å². The number of nitrogens with zero attached hydrogens (tertiary/aromatic N) is 1. The molecule has 0 aliphatic heterocycles. The SMILES string of the molecule is CC(C)c1[nH]nc(C(=O)NCC2(C)CCC2)c1S(=O)(=O)Cl. The highest BCUT2D eigenvalue weighted by molar-refractivity contribution is 8.13. The summed E-state index contributed by atoms with van der Waals surface area (Å²) in [6.07, 6.45) is 3.28. The zero-order chi connectivity index (χ0) is 15.8. The summed E-state index contributed by atoms with van der Waals surface area (Å²) in [5, 5.41) is 9.22. The Morgan fingerprint density at radius 3 is 2.52 bits per heavy atom.